The van der Waals surface area contributed by atoms with Gasteiger partial charge in [-0.15, -0.1) is 0 Å². The number of anilines is 1. The van der Waals surface area contributed by atoms with Crippen LogP contribution in [0.3, 0.4) is 0 Å². The maximum Gasteiger partial charge on any atom is 0.408 e. The Balaban J connectivity index is 1.99. The van der Waals surface area contributed by atoms with Crippen LogP contribution in [0, 0.1) is 0 Å². The molecule has 0 aliphatic rings. The summed E-state index contributed by atoms with van der Waals surface area (Å²) in [5.74, 6) is -1.10. The van der Waals surface area contributed by atoms with E-state index in [0.717, 1.165) is 10.8 Å². The molecule has 3 aromatic carbocycles. The van der Waals surface area contributed by atoms with Crippen LogP contribution in [0.15, 0.2) is 66.7 Å². The van der Waals surface area contributed by atoms with Crippen LogP contribution in [0.25, 0.3) is 10.8 Å². The number of fused-ring (bicyclic) bond motifs is 1. The lowest BCUT2D eigenvalue weighted by Gasteiger charge is -2.43. The van der Waals surface area contributed by atoms with E-state index in [4.69, 9.17) is 4.74 Å². The summed E-state index contributed by atoms with van der Waals surface area (Å²) in [6.07, 6.45) is -0.224. The van der Waals surface area contributed by atoms with Crippen molar-refractivity contribution in [1.29, 1.82) is 0 Å². The third kappa shape index (κ3) is 7.03. The number of carbonyl (C=O) groups excluding carboxylic acids is 3. The average molecular weight is 520 g/mol. The minimum absolute atomic E-state index is 0.115. The first-order valence-corrected chi connectivity index (χ1v) is 12.7. The van der Waals surface area contributed by atoms with E-state index in [-0.39, 0.29) is 17.9 Å². The molecule has 0 bridgehead atoms. The van der Waals surface area contributed by atoms with Gasteiger partial charge in [-0.3, -0.25) is 9.59 Å². The number of nitrogens with one attached hydrogen (secondary N) is 2. The fourth-order valence-electron chi connectivity index (χ4n) is 4.14. The Morgan fingerprint density at radius 2 is 1.55 bits per heavy atom. The monoisotopic (exact) mass is 519 g/mol. The van der Waals surface area contributed by atoms with Crippen LogP contribution in [0.2, 0.25) is 0 Å². The lowest BCUT2D eigenvalue weighted by Crippen LogP contribution is -2.55. The van der Waals surface area contributed by atoms with Gasteiger partial charge in [0.1, 0.15) is 23.9 Å². The summed E-state index contributed by atoms with van der Waals surface area (Å²) in [7, 11) is 0. The Morgan fingerprint density at radius 1 is 0.921 bits per heavy atom. The van der Waals surface area contributed by atoms with E-state index in [0.29, 0.717) is 12.1 Å². The number of carbonyl (C=O) groups is 3. The second-order valence-electron chi connectivity index (χ2n) is 10.8. The number of ether oxygens (including phenoxy) is 1. The molecule has 38 heavy (non-hydrogen) atoms. The largest absolute Gasteiger partial charge is 0.508 e. The van der Waals surface area contributed by atoms with Gasteiger partial charge in [-0.2, -0.15) is 0 Å². The predicted molar refractivity (Wildman–Crippen MR) is 149 cm³/mol. The Labute approximate surface area is 224 Å². The molecule has 0 heterocycles. The SMILES string of the molecule is CCC(C)(C)N(C(=O)CNC(=O)OC(C)(C)C)C(C(=O)Nc1ccc2ccccc2c1)c1ccccc1O. The molecule has 3 aromatic rings. The van der Waals surface area contributed by atoms with Crippen molar-refractivity contribution >= 4 is 34.4 Å². The quantitative estimate of drug-likeness (QED) is 0.350. The molecule has 3 amide bonds. The van der Waals surface area contributed by atoms with Gasteiger partial charge >= 0.3 is 6.09 Å². The lowest BCUT2D eigenvalue weighted by atomic mass is 9.92. The van der Waals surface area contributed by atoms with Crippen molar-refractivity contribution in [1.82, 2.24) is 10.2 Å². The van der Waals surface area contributed by atoms with Crippen LogP contribution in [-0.2, 0) is 14.3 Å². The summed E-state index contributed by atoms with van der Waals surface area (Å²) >= 11 is 0. The van der Waals surface area contributed by atoms with Crippen molar-refractivity contribution in [3.8, 4) is 5.75 Å². The summed E-state index contributed by atoms with van der Waals surface area (Å²) in [5, 5.41) is 18.2. The molecule has 0 aromatic heterocycles. The smallest absolute Gasteiger partial charge is 0.408 e. The molecule has 3 N–H and O–H groups in total. The molecule has 1 atom stereocenters. The normalized spacial score (nSPS) is 12.5. The van der Waals surface area contributed by atoms with Crippen LogP contribution in [0.5, 0.6) is 5.75 Å². The van der Waals surface area contributed by atoms with Gasteiger partial charge in [0.25, 0.3) is 5.91 Å². The number of alkyl carbamates (subject to hydrolysis) is 1. The molecule has 8 nitrogen and oxygen atoms in total. The highest BCUT2D eigenvalue weighted by Gasteiger charge is 2.41. The van der Waals surface area contributed by atoms with Crippen molar-refractivity contribution in [3.05, 3.63) is 72.3 Å². The van der Waals surface area contributed by atoms with E-state index in [9.17, 15) is 19.5 Å². The highest BCUT2D eigenvalue weighted by Crippen LogP contribution is 2.36. The number of nitrogens with zero attached hydrogens (tertiary/aromatic N) is 1. The number of hydrogen-bond acceptors (Lipinski definition) is 5. The first kappa shape index (κ1) is 28.5. The van der Waals surface area contributed by atoms with E-state index < -0.39 is 35.1 Å². The van der Waals surface area contributed by atoms with E-state index in [1.54, 1.807) is 45.0 Å². The molecule has 0 saturated carbocycles. The number of phenolic OH excluding ortho intramolecular Hbond substituents is 1. The van der Waals surface area contributed by atoms with Gasteiger partial charge in [0.2, 0.25) is 5.91 Å². The van der Waals surface area contributed by atoms with E-state index >= 15 is 0 Å². The highest BCUT2D eigenvalue weighted by atomic mass is 16.6. The summed E-state index contributed by atoms with van der Waals surface area (Å²) in [6.45, 7) is 10.4. The van der Waals surface area contributed by atoms with Crippen LogP contribution < -0.4 is 10.6 Å². The molecule has 202 valence electrons. The molecule has 0 saturated heterocycles. The predicted octanol–water partition coefficient (Wildman–Crippen LogP) is 5.77. The second-order valence-corrected chi connectivity index (χ2v) is 10.8. The average Bonchev–Trinajstić information content (AvgIpc) is 2.85. The number of benzene rings is 3. The first-order valence-electron chi connectivity index (χ1n) is 12.7. The molecule has 0 fully saturated rings. The van der Waals surface area contributed by atoms with Gasteiger partial charge < -0.3 is 25.4 Å². The number of hydrogen-bond donors (Lipinski definition) is 3. The van der Waals surface area contributed by atoms with Crippen LogP contribution >= 0.6 is 0 Å². The minimum atomic E-state index is -1.18. The Kier molecular flexibility index (Phi) is 8.66. The maximum absolute atomic E-state index is 13.9. The van der Waals surface area contributed by atoms with Gasteiger partial charge in [0.05, 0.1) is 0 Å². The summed E-state index contributed by atoms with van der Waals surface area (Å²) in [4.78, 5) is 41.3. The molecule has 1 unspecified atom stereocenters. The van der Waals surface area contributed by atoms with Crippen molar-refractivity contribution in [2.24, 2.45) is 0 Å². The van der Waals surface area contributed by atoms with Crippen LogP contribution in [0.4, 0.5) is 10.5 Å². The van der Waals surface area contributed by atoms with Crippen molar-refractivity contribution in [2.45, 2.75) is 65.1 Å². The minimum Gasteiger partial charge on any atom is -0.508 e. The fraction of sp³-hybridized carbons (Fsp3) is 0.367. The molecule has 0 radical (unpaired) electrons. The third-order valence-corrected chi connectivity index (χ3v) is 6.32. The Morgan fingerprint density at radius 3 is 2.18 bits per heavy atom. The number of rotatable bonds is 8. The number of amides is 3. The Bertz CT molecular complexity index is 1310. The van der Waals surface area contributed by atoms with Crippen LogP contribution in [0.1, 0.15) is 59.6 Å². The first-order chi connectivity index (χ1) is 17.8. The zero-order valence-electron chi connectivity index (χ0n) is 22.9. The molecular weight excluding hydrogens is 482 g/mol. The number of phenols is 1. The van der Waals surface area contributed by atoms with Gasteiger partial charge in [-0.25, -0.2) is 4.79 Å². The molecule has 8 heteroatoms. The molecule has 3 rings (SSSR count). The molecule has 0 aliphatic heterocycles. The zero-order chi connectivity index (χ0) is 28.1. The van der Waals surface area contributed by atoms with Crippen molar-refractivity contribution in [2.75, 3.05) is 11.9 Å². The lowest BCUT2D eigenvalue weighted by molar-refractivity contribution is -0.145. The van der Waals surface area contributed by atoms with Gasteiger partial charge in [-0.1, -0.05) is 55.5 Å². The van der Waals surface area contributed by atoms with Crippen molar-refractivity contribution < 1.29 is 24.2 Å². The topological polar surface area (TPSA) is 108 Å². The van der Waals surface area contributed by atoms with Crippen molar-refractivity contribution in [3.63, 3.8) is 0 Å². The molecular formula is C30H37N3O5. The number of aromatic hydroxyl groups is 1. The summed E-state index contributed by atoms with van der Waals surface area (Å²) in [6, 6.07) is 18.6. The van der Waals surface area contributed by atoms with E-state index in [1.165, 1.54) is 11.0 Å². The summed E-state index contributed by atoms with van der Waals surface area (Å²) < 4.78 is 5.27. The maximum atomic E-state index is 13.9. The molecule has 0 spiro atoms. The fourth-order valence-corrected chi connectivity index (χ4v) is 4.14. The van der Waals surface area contributed by atoms with E-state index in [2.05, 4.69) is 10.6 Å². The van der Waals surface area contributed by atoms with Gasteiger partial charge in [-0.05, 0) is 70.0 Å². The van der Waals surface area contributed by atoms with Crippen LogP contribution in [-0.4, -0.2) is 45.6 Å². The standard InChI is InChI=1S/C30H37N3O5/c1-7-30(5,6)33(25(35)19-31-28(37)38-29(2,3)4)26(23-14-10-11-15-24(23)34)27(36)32-22-17-16-20-12-8-9-13-21(20)18-22/h8-18,26,34H,7,19H2,1-6H3,(H,31,37)(H,32,36). The zero-order valence-corrected chi connectivity index (χ0v) is 22.9. The molecule has 0 aliphatic carbocycles. The number of para-hydroxylation sites is 1. The van der Waals surface area contributed by atoms with Gasteiger partial charge in [0.15, 0.2) is 0 Å². The van der Waals surface area contributed by atoms with Gasteiger partial charge in [0, 0.05) is 16.8 Å². The second kappa shape index (κ2) is 11.5. The van der Waals surface area contributed by atoms with E-state index in [1.807, 2.05) is 57.2 Å². The summed E-state index contributed by atoms with van der Waals surface area (Å²) in [5.41, 5.74) is -0.700. The highest BCUT2D eigenvalue weighted by molar-refractivity contribution is 6.00. The third-order valence-electron chi connectivity index (χ3n) is 6.32. The Hall–Kier alpha value is -4.07.